The van der Waals surface area contributed by atoms with Crippen LogP contribution in [0.1, 0.15) is 17.9 Å². The highest BCUT2D eigenvalue weighted by atomic mass is 32.1. The highest BCUT2D eigenvalue weighted by molar-refractivity contribution is 7.14. The standard InChI is InChI=1S/C23H21FN4O4S/c1-13-4-5-14(10-17(13)24)22-27-21(32-28-22)9-8-20(29)26-23-25-18(12-33-23)16-11-15(30-2)6-7-19(16)31-3/h4-7,10-12H,8-9H2,1-3H3,(H,25,26,29). The van der Waals surface area contributed by atoms with Crippen LogP contribution in [-0.4, -0.2) is 35.3 Å². The number of anilines is 1. The number of nitrogens with zero attached hydrogens (tertiary/aromatic N) is 3. The van der Waals surface area contributed by atoms with Gasteiger partial charge in [0.1, 0.15) is 17.3 Å². The van der Waals surface area contributed by atoms with E-state index in [0.29, 0.717) is 39.3 Å². The lowest BCUT2D eigenvalue weighted by molar-refractivity contribution is -0.116. The van der Waals surface area contributed by atoms with Gasteiger partial charge in [0.2, 0.25) is 17.6 Å². The van der Waals surface area contributed by atoms with Crippen LogP contribution in [0.3, 0.4) is 0 Å². The Labute approximate surface area is 193 Å². The van der Waals surface area contributed by atoms with E-state index in [1.807, 2.05) is 11.4 Å². The molecule has 1 N–H and O–H groups in total. The molecule has 0 radical (unpaired) electrons. The zero-order chi connectivity index (χ0) is 23.4. The number of amides is 1. The molecule has 33 heavy (non-hydrogen) atoms. The van der Waals surface area contributed by atoms with Crippen molar-refractivity contribution in [3.63, 3.8) is 0 Å². The smallest absolute Gasteiger partial charge is 0.227 e. The van der Waals surface area contributed by atoms with Crippen molar-refractivity contribution in [2.24, 2.45) is 0 Å². The summed E-state index contributed by atoms with van der Waals surface area (Å²) in [5, 5.41) is 8.94. The van der Waals surface area contributed by atoms with Gasteiger partial charge in [0.15, 0.2) is 5.13 Å². The van der Waals surface area contributed by atoms with Gasteiger partial charge in [-0.25, -0.2) is 9.37 Å². The maximum atomic E-state index is 13.8. The maximum absolute atomic E-state index is 13.8. The molecule has 1 amide bonds. The van der Waals surface area contributed by atoms with E-state index in [9.17, 15) is 9.18 Å². The SMILES string of the molecule is COc1ccc(OC)c(-c2csc(NC(=O)CCc3nc(-c4ccc(C)c(F)c4)no3)n2)c1. The summed E-state index contributed by atoms with van der Waals surface area (Å²) in [5.74, 6) is 1.32. The first kappa shape index (κ1) is 22.4. The van der Waals surface area contributed by atoms with Gasteiger partial charge in [-0.1, -0.05) is 17.3 Å². The molecule has 2 aromatic heterocycles. The number of rotatable bonds is 8. The summed E-state index contributed by atoms with van der Waals surface area (Å²) in [7, 11) is 3.17. The third-order valence-corrected chi connectivity index (χ3v) is 5.65. The molecular weight excluding hydrogens is 447 g/mol. The largest absolute Gasteiger partial charge is 0.497 e. The molecule has 0 fully saturated rings. The van der Waals surface area contributed by atoms with Gasteiger partial charge in [-0.15, -0.1) is 11.3 Å². The predicted molar refractivity (Wildman–Crippen MR) is 122 cm³/mol. The Kier molecular flexibility index (Phi) is 6.64. The molecule has 4 rings (SSSR count). The average molecular weight is 469 g/mol. The number of methoxy groups -OCH3 is 2. The molecule has 10 heteroatoms. The fourth-order valence-corrected chi connectivity index (χ4v) is 3.80. The van der Waals surface area contributed by atoms with Crippen LogP contribution in [0, 0.1) is 12.7 Å². The summed E-state index contributed by atoms with van der Waals surface area (Å²) >= 11 is 1.30. The highest BCUT2D eigenvalue weighted by Crippen LogP contribution is 2.35. The predicted octanol–water partition coefficient (Wildman–Crippen LogP) is 4.90. The molecule has 0 unspecified atom stereocenters. The number of nitrogens with one attached hydrogen (secondary N) is 1. The molecule has 0 aliphatic heterocycles. The minimum atomic E-state index is -0.340. The number of hydrogen-bond acceptors (Lipinski definition) is 8. The number of aromatic nitrogens is 3. The Hall–Kier alpha value is -3.79. The number of benzene rings is 2. The van der Waals surface area contributed by atoms with Crippen molar-refractivity contribution in [1.29, 1.82) is 0 Å². The van der Waals surface area contributed by atoms with Crippen LogP contribution in [-0.2, 0) is 11.2 Å². The van der Waals surface area contributed by atoms with Crippen LogP contribution in [0.5, 0.6) is 11.5 Å². The second kappa shape index (κ2) is 9.78. The lowest BCUT2D eigenvalue weighted by atomic mass is 10.1. The van der Waals surface area contributed by atoms with Crippen LogP contribution in [0.25, 0.3) is 22.6 Å². The fraction of sp³-hybridized carbons (Fsp3) is 0.217. The van der Waals surface area contributed by atoms with Gasteiger partial charge in [0.05, 0.1) is 19.9 Å². The molecule has 0 bridgehead atoms. The van der Waals surface area contributed by atoms with E-state index in [2.05, 4.69) is 20.4 Å². The molecule has 4 aromatic rings. The molecule has 170 valence electrons. The summed E-state index contributed by atoms with van der Waals surface area (Å²) in [6, 6.07) is 10.2. The number of carbonyl (C=O) groups is 1. The molecule has 0 atom stereocenters. The Morgan fingerprint density at radius 3 is 2.76 bits per heavy atom. The summed E-state index contributed by atoms with van der Waals surface area (Å²) in [6.07, 6.45) is 0.371. The second-order valence-corrected chi connectivity index (χ2v) is 7.99. The van der Waals surface area contributed by atoms with E-state index in [4.69, 9.17) is 14.0 Å². The Morgan fingerprint density at radius 2 is 2.00 bits per heavy atom. The molecule has 0 aliphatic carbocycles. The first-order valence-corrected chi connectivity index (χ1v) is 10.9. The van der Waals surface area contributed by atoms with Crippen molar-refractivity contribution in [2.45, 2.75) is 19.8 Å². The van der Waals surface area contributed by atoms with Gasteiger partial charge in [0, 0.05) is 29.3 Å². The Morgan fingerprint density at radius 1 is 1.15 bits per heavy atom. The summed E-state index contributed by atoms with van der Waals surface area (Å²) in [5.41, 5.74) is 2.48. The summed E-state index contributed by atoms with van der Waals surface area (Å²) in [6.45, 7) is 1.68. The number of ether oxygens (including phenoxy) is 2. The Bertz CT molecular complexity index is 1290. The van der Waals surface area contributed by atoms with Crippen molar-refractivity contribution < 1.29 is 23.2 Å². The van der Waals surface area contributed by atoms with Crippen molar-refractivity contribution in [3.05, 3.63) is 59.0 Å². The van der Waals surface area contributed by atoms with Crippen LogP contribution in [0.2, 0.25) is 0 Å². The molecule has 0 spiro atoms. The summed E-state index contributed by atoms with van der Waals surface area (Å²) in [4.78, 5) is 21.1. The van der Waals surface area contributed by atoms with Crippen molar-refractivity contribution in [3.8, 4) is 34.1 Å². The van der Waals surface area contributed by atoms with Crippen LogP contribution in [0.15, 0.2) is 46.3 Å². The summed E-state index contributed by atoms with van der Waals surface area (Å²) < 4.78 is 29.6. The quantitative estimate of drug-likeness (QED) is 0.393. The molecule has 0 aliphatic rings. The maximum Gasteiger partial charge on any atom is 0.227 e. The van der Waals surface area contributed by atoms with Crippen molar-refractivity contribution in [1.82, 2.24) is 15.1 Å². The monoisotopic (exact) mass is 468 g/mol. The third kappa shape index (κ3) is 5.17. The van der Waals surface area contributed by atoms with Gasteiger partial charge >= 0.3 is 0 Å². The van der Waals surface area contributed by atoms with Gasteiger partial charge in [-0.2, -0.15) is 4.98 Å². The average Bonchev–Trinajstić information content (AvgIpc) is 3.49. The fourth-order valence-electron chi connectivity index (χ4n) is 3.08. The number of halogens is 1. The molecule has 0 saturated heterocycles. The first-order valence-electron chi connectivity index (χ1n) is 10.0. The third-order valence-electron chi connectivity index (χ3n) is 4.90. The zero-order valence-corrected chi connectivity index (χ0v) is 19.0. The van der Waals surface area contributed by atoms with Crippen LogP contribution >= 0.6 is 11.3 Å². The van der Waals surface area contributed by atoms with Crippen LogP contribution in [0.4, 0.5) is 9.52 Å². The second-order valence-electron chi connectivity index (χ2n) is 7.13. The number of hydrogen-bond donors (Lipinski definition) is 1. The van der Waals surface area contributed by atoms with E-state index in [1.54, 1.807) is 45.4 Å². The first-order chi connectivity index (χ1) is 16.0. The molecule has 8 nitrogen and oxygen atoms in total. The number of aryl methyl sites for hydroxylation is 2. The van der Waals surface area contributed by atoms with Gasteiger partial charge in [-0.3, -0.25) is 4.79 Å². The van der Waals surface area contributed by atoms with Gasteiger partial charge < -0.3 is 19.3 Å². The van der Waals surface area contributed by atoms with E-state index >= 15 is 0 Å². The number of thiazole rings is 1. The topological polar surface area (TPSA) is 99.4 Å². The lowest BCUT2D eigenvalue weighted by Gasteiger charge is -2.08. The molecule has 2 aromatic carbocycles. The lowest BCUT2D eigenvalue weighted by Crippen LogP contribution is -2.12. The van der Waals surface area contributed by atoms with E-state index in [-0.39, 0.29) is 30.4 Å². The van der Waals surface area contributed by atoms with E-state index in [1.165, 1.54) is 17.4 Å². The number of carbonyl (C=O) groups excluding carboxylic acids is 1. The van der Waals surface area contributed by atoms with E-state index in [0.717, 1.165) is 5.56 Å². The normalized spacial score (nSPS) is 10.8. The van der Waals surface area contributed by atoms with E-state index < -0.39 is 0 Å². The van der Waals surface area contributed by atoms with Crippen LogP contribution < -0.4 is 14.8 Å². The molecule has 0 saturated carbocycles. The molecular formula is C23H21FN4O4S. The zero-order valence-electron chi connectivity index (χ0n) is 18.2. The van der Waals surface area contributed by atoms with Gasteiger partial charge in [-0.05, 0) is 36.8 Å². The minimum Gasteiger partial charge on any atom is -0.497 e. The van der Waals surface area contributed by atoms with Crippen molar-refractivity contribution >= 4 is 22.4 Å². The van der Waals surface area contributed by atoms with Gasteiger partial charge in [0.25, 0.3) is 0 Å². The van der Waals surface area contributed by atoms with Crippen molar-refractivity contribution in [2.75, 3.05) is 19.5 Å². The Balaban J connectivity index is 1.37. The highest BCUT2D eigenvalue weighted by Gasteiger charge is 2.15. The molecule has 2 heterocycles. The minimum absolute atomic E-state index is 0.126.